The summed E-state index contributed by atoms with van der Waals surface area (Å²) in [5, 5.41) is 6.59. The van der Waals surface area contributed by atoms with Crippen molar-refractivity contribution >= 4 is 5.96 Å². The van der Waals surface area contributed by atoms with Gasteiger partial charge in [0.2, 0.25) is 0 Å². The van der Waals surface area contributed by atoms with Crippen LogP contribution in [0.2, 0.25) is 0 Å². The molecule has 0 aliphatic carbocycles. The van der Waals surface area contributed by atoms with Crippen LogP contribution in [0.1, 0.15) is 24.8 Å². The van der Waals surface area contributed by atoms with E-state index in [9.17, 15) is 0 Å². The van der Waals surface area contributed by atoms with E-state index in [-0.39, 0.29) is 0 Å². The van der Waals surface area contributed by atoms with Gasteiger partial charge in [0.15, 0.2) is 5.96 Å². The number of ether oxygens (including phenoxy) is 3. The van der Waals surface area contributed by atoms with Crippen LogP contribution in [0, 0.1) is 0 Å². The fraction of sp³-hybridized carbons (Fsp3) is 0.611. The highest BCUT2D eigenvalue weighted by atomic mass is 16.5. The Hall–Kier alpha value is -1.79. The molecule has 0 saturated carbocycles. The molecule has 1 unspecified atom stereocenters. The van der Waals surface area contributed by atoms with Crippen LogP contribution >= 0.6 is 0 Å². The second kappa shape index (κ2) is 10.9. The summed E-state index contributed by atoms with van der Waals surface area (Å²) in [6.45, 7) is 3.85. The van der Waals surface area contributed by atoms with Gasteiger partial charge in [0.05, 0.1) is 19.8 Å². The van der Waals surface area contributed by atoms with Gasteiger partial charge in [0.1, 0.15) is 5.75 Å². The fourth-order valence-corrected chi connectivity index (χ4v) is 2.56. The predicted octanol–water partition coefficient (Wildman–Crippen LogP) is 1.95. The molecule has 1 aromatic rings. The van der Waals surface area contributed by atoms with Gasteiger partial charge in [-0.05, 0) is 37.0 Å². The Kier molecular flexibility index (Phi) is 8.41. The Balaban J connectivity index is 1.56. The molecule has 0 spiro atoms. The first-order chi connectivity index (χ1) is 11.8. The first-order valence-electron chi connectivity index (χ1n) is 8.58. The van der Waals surface area contributed by atoms with Crippen LogP contribution in [-0.2, 0) is 16.0 Å². The van der Waals surface area contributed by atoms with Gasteiger partial charge in [-0.25, -0.2) is 0 Å². The van der Waals surface area contributed by atoms with E-state index in [1.54, 1.807) is 14.2 Å². The van der Waals surface area contributed by atoms with Crippen LogP contribution in [-0.4, -0.2) is 52.6 Å². The second-order valence-electron chi connectivity index (χ2n) is 5.77. The smallest absolute Gasteiger partial charge is 0.191 e. The van der Waals surface area contributed by atoms with Crippen LogP contribution in [0.15, 0.2) is 29.3 Å². The van der Waals surface area contributed by atoms with Crippen molar-refractivity contribution in [3.8, 4) is 5.75 Å². The van der Waals surface area contributed by atoms with Gasteiger partial charge in [-0.2, -0.15) is 0 Å². The minimum Gasteiger partial charge on any atom is -0.497 e. The summed E-state index contributed by atoms with van der Waals surface area (Å²) in [7, 11) is 3.45. The molecular formula is C18H29N3O3. The molecule has 0 radical (unpaired) electrons. The standard InChI is InChI=1S/C18H29N3O3/c1-19-18(21-13-15-6-3-7-16(12-15)22-2)20-9-5-10-23-14-17-8-4-11-24-17/h3,6-7,12,17H,4-5,8-11,13-14H2,1-2H3,(H2,19,20,21). The lowest BCUT2D eigenvalue weighted by Gasteiger charge is -2.13. The summed E-state index contributed by atoms with van der Waals surface area (Å²) in [6.07, 6.45) is 3.52. The molecule has 2 N–H and O–H groups in total. The topological polar surface area (TPSA) is 64.1 Å². The second-order valence-corrected chi connectivity index (χ2v) is 5.77. The Morgan fingerprint density at radius 2 is 2.29 bits per heavy atom. The maximum Gasteiger partial charge on any atom is 0.191 e. The van der Waals surface area contributed by atoms with E-state index in [2.05, 4.69) is 21.7 Å². The van der Waals surface area contributed by atoms with Crippen molar-refractivity contribution in [3.63, 3.8) is 0 Å². The number of nitrogens with zero attached hydrogens (tertiary/aromatic N) is 1. The number of nitrogens with one attached hydrogen (secondary N) is 2. The van der Waals surface area contributed by atoms with Gasteiger partial charge in [-0.15, -0.1) is 0 Å². The number of methoxy groups -OCH3 is 1. The minimum absolute atomic E-state index is 0.301. The van der Waals surface area contributed by atoms with E-state index in [0.29, 0.717) is 19.3 Å². The zero-order valence-electron chi connectivity index (χ0n) is 14.7. The lowest BCUT2D eigenvalue weighted by Crippen LogP contribution is -2.37. The zero-order chi connectivity index (χ0) is 17.0. The van der Waals surface area contributed by atoms with Crippen LogP contribution < -0.4 is 15.4 Å². The predicted molar refractivity (Wildman–Crippen MR) is 95.6 cm³/mol. The van der Waals surface area contributed by atoms with E-state index in [1.165, 1.54) is 0 Å². The number of hydrogen-bond acceptors (Lipinski definition) is 4. The van der Waals surface area contributed by atoms with E-state index >= 15 is 0 Å². The van der Waals surface area contributed by atoms with E-state index in [4.69, 9.17) is 14.2 Å². The molecule has 24 heavy (non-hydrogen) atoms. The van der Waals surface area contributed by atoms with Crippen molar-refractivity contribution in [1.29, 1.82) is 0 Å². The number of aliphatic imine (C=N–C) groups is 1. The maximum atomic E-state index is 5.65. The summed E-state index contributed by atoms with van der Waals surface area (Å²) in [5.74, 6) is 1.65. The molecule has 134 valence electrons. The molecule has 1 fully saturated rings. The van der Waals surface area contributed by atoms with Gasteiger partial charge >= 0.3 is 0 Å². The fourth-order valence-electron chi connectivity index (χ4n) is 2.56. The molecule has 2 rings (SSSR count). The maximum absolute atomic E-state index is 5.65. The third-order valence-corrected chi connectivity index (χ3v) is 3.90. The number of hydrogen-bond donors (Lipinski definition) is 2. The summed E-state index contributed by atoms with van der Waals surface area (Å²) in [4.78, 5) is 4.23. The molecule has 1 saturated heterocycles. The number of rotatable bonds is 9. The minimum atomic E-state index is 0.301. The average molecular weight is 335 g/mol. The van der Waals surface area contributed by atoms with E-state index in [1.807, 2.05) is 18.2 Å². The lowest BCUT2D eigenvalue weighted by molar-refractivity contribution is 0.0168. The third-order valence-electron chi connectivity index (χ3n) is 3.90. The number of benzene rings is 1. The monoisotopic (exact) mass is 335 g/mol. The first-order valence-corrected chi connectivity index (χ1v) is 8.58. The van der Waals surface area contributed by atoms with Crippen molar-refractivity contribution in [2.24, 2.45) is 4.99 Å². The number of guanidine groups is 1. The molecular weight excluding hydrogens is 306 g/mol. The molecule has 1 aliphatic heterocycles. The molecule has 0 aromatic heterocycles. The zero-order valence-corrected chi connectivity index (χ0v) is 14.7. The summed E-state index contributed by atoms with van der Waals surface area (Å²) >= 11 is 0. The molecule has 1 aliphatic rings. The molecule has 1 heterocycles. The van der Waals surface area contributed by atoms with Crippen LogP contribution in [0.25, 0.3) is 0 Å². The summed E-state index contributed by atoms with van der Waals surface area (Å²) in [6, 6.07) is 7.99. The van der Waals surface area contributed by atoms with Crippen molar-refractivity contribution in [1.82, 2.24) is 10.6 Å². The molecule has 1 aromatic carbocycles. The van der Waals surface area contributed by atoms with Gasteiger partial charge in [0, 0.05) is 33.4 Å². The Bertz CT molecular complexity index is 502. The summed E-state index contributed by atoms with van der Waals surface area (Å²) < 4.78 is 16.4. The Labute approximate surface area is 144 Å². The highest BCUT2D eigenvalue weighted by Crippen LogP contribution is 2.12. The molecule has 1 atom stereocenters. The molecule has 6 nitrogen and oxygen atoms in total. The van der Waals surface area contributed by atoms with Crippen molar-refractivity contribution in [3.05, 3.63) is 29.8 Å². The molecule has 0 amide bonds. The van der Waals surface area contributed by atoms with Gasteiger partial charge in [-0.3, -0.25) is 4.99 Å². The van der Waals surface area contributed by atoms with E-state index < -0.39 is 0 Å². The van der Waals surface area contributed by atoms with Crippen molar-refractivity contribution in [2.45, 2.75) is 31.9 Å². The normalized spacial score (nSPS) is 17.8. The van der Waals surface area contributed by atoms with Crippen LogP contribution in [0.5, 0.6) is 5.75 Å². The van der Waals surface area contributed by atoms with Gasteiger partial charge in [-0.1, -0.05) is 12.1 Å². The summed E-state index contributed by atoms with van der Waals surface area (Å²) in [5.41, 5.74) is 1.15. The first kappa shape index (κ1) is 18.5. The highest BCUT2D eigenvalue weighted by molar-refractivity contribution is 5.79. The molecule has 6 heteroatoms. The van der Waals surface area contributed by atoms with Crippen LogP contribution in [0.4, 0.5) is 0 Å². The van der Waals surface area contributed by atoms with Crippen LogP contribution in [0.3, 0.4) is 0 Å². The van der Waals surface area contributed by atoms with Gasteiger partial charge in [0.25, 0.3) is 0 Å². The van der Waals surface area contributed by atoms with Crippen molar-refractivity contribution < 1.29 is 14.2 Å². The Morgan fingerprint density at radius 1 is 1.38 bits per heavy atom. The third kappa shape index (κ3) is 6.76. The lowest BCUT2D eigenvalue weighted by atomic mass is 10.2. The highest BCUT2D eigenvalue weighted by Gasteiger charge is 2.14. The SMILES string of the molecule is CN=C(NCCCOCC1CCCO1)NCc1cccc(OC)c1. The quantitative estimate of drug-likeness (QED) is 0.410. The Morgan fingerprint density at radius 3 is 3.04 bits per heavy atom. The average Bonchev–Trinajstić information content (AvgIpc) is 3.14. The largest absolute Gasteiger partial charge is 0.497 e. The van der Waals surface area contributed by atoms with Gasteiger partial charge < -0.3 is 24.8 Å². The molecule has 0 bridgehead atoms. The van der Waals surface area contributed by atoms with Crippen molar-refractivity contribution in [2.75, 3.05) is 40.5 Å². The van der Waals surface area contributed by atoms with E-state index in [0.717, 1.165) is 56.3 Å².